The van der Waals surface area contributed by atoms with Gasteiger partial charge in [-0.25, -0.2) is 19.2 Å². The monoisotopic (exact) mass is 394 g/mol. The van der Waals surface area contributed by atoms with Gasteiger partial charge in [0.25, 0.3) is 0 Å². The van der Waals surface area contributed by atoms with Crippen molar-refractivity contribution in [1.29, 1.82) is 0 Å². The molecule has 29 heavy (non-hydrogen) atoms. The van der Waals surface area contributed by atoms with Gasteiger partial charge in [0, 0.05) is 36.8 Å². The van der Waals surface area contributed by atoms with Gasteiger partial charge >= 0.3 is 6.03 Å². The normalized spacial score (nSPS) is 17.0. The molecule has 0 spiro atoms. The van der Waals surface area contributed by atoms with E-state index in [1.54, 1.807) is 27.9 Å². The van der Waals surface area contributed by atoms with Gasteiger partial charge in [-0.15, -0.1) is 0 Å². The molecule has 5 heterocycles. The molecule has 0 saturated carbocycles. The summed E-state index contributed by atoms with van der Waals surface area (Å²) in [7, 11) is 0. The Morgan fingerprint density at radius 2 is 2.14 bits per heavy atom. The zero-order valence-electron chi connectivity index (χ0n) is 16.3. The molecule has 8 heteroatoms. The molecule has 1 fully saturated rings. The van der Waals surface area contributed by atoms with Crippen LogP contribution in [0.15, 0.2) is 30.7 Å². The van der Waals surface area contributed by atoms with Crippen LogP contribution in [0.4, 0.5) is 20.7 Å². The predicted octanol–water partition coefficient (Wildman–Crippen LogP) is 3.24. The quantitative estimate of drug-likeness (QED) is 0.700. The number of pyridine rings is 2. The average molecular weight is 394 g/mol. The first kappa shape index (κ1) is 18.1. The average Bonchev–Trinajstić information content (AvgIpc) is 3.31. The first-order chi connectivity index (χ1) is 14.1. The smallest absolute Gasteiger partial charge is 0.317 e. The molecule has 2 amide bonds. The van der Waals surface area contributed by atoms with Gasteiger partial charge in [0.15, 0.2) is 5.82 Å². The summed E-state index contributed by atoms with van der Waals surface area (Å²) in [5.74, 6) is 0.686. The van der Waals surface area contributed by atoms with E-state index >= 15 is 0 Å². The topological polar surface area (TPSA) is 74.6 Å². The van der Waals surface area contributed by atoms with E-state index in [9.17, 15) is 9.18 Å². The van der Waals surface area contributed by atoms with Gasteiger partial charge in [0.05, 0.1) is 11.4 Å². The second-order valence-electron chi connectivity index (χ2n) is 7.74. The number of aryl methyl sites for hydroxylation is 1. The second kappa shape index (κ2) is 7.11. The van der Waals surface area contributed by atoms with Crippen LogP contribution < -0.4 is 15.5 Å². The van der Waals surface area contributed by atoms with E-state index in [-0.39, 0.29) is 11.7 Å². The maximum absolute atomic E-state index is 14.5. The van der Waals surface area contributed by atoms with E-state index in [1.165, 1.54) is 11.6 Å². The number of carbonyl (C=O) groups excluding carboxylic acids is 1. The highest BCUT2D eigenvalue weighted by Gasteiger charge is 2.31. The van der Waals surface area contributed by atoms with Crippen LogP contribution in [0.3, 0.4) is 0 Å². The number of rotatable bonds is 2. The highest BCUT2D eigenvalue weighted by Crippen LogP contribution is 2.36. The number of aromatic nitrogens is 3. The number of amides is 2. The number of carbonyl (C=O) groups is 1. The van der Waals surface area contributed by atoms with E-state index < -0.39 is 5.82 Å². The third kappa shape index (κ3) is 3.23. The Morgan fingerprint density at radius 3 is 2.97 bits per heavy atom. The number of piperidine rings is 1. The number of anilines is 2. The van der Waals surface area contributed by atoms with Gasteiger partial charge in [0.2, 0.25) is 0 Å². The maximum atomic E-state index is 14.5. The van der Waals surface area contributed by atoms with Crippen molar-refractivity contribution >= 4 is 23.2 Å². The number of nitrogens with one attached hydrogen (secondary N) is 2. The van der Waals surface area contributed by atoms with Crippen molar-refractivity contribution in [3.63, 3.8) is 0 Å². The molecular weight excluding hydrogens is 371 g/mol. The highest BCUT2D eigenvalue weighted by molar-refractivity contribution is 6.02. The zero-order valence-corrected chi connectivity index (χ0v) is 16.3. The predicted molar refractivity (Wildman–Crippen MR) is 109 cm³/mol. The Labute approximate surface area is 168 Å². The van der Waals surface area contributed by atoms with Gasteiger partial charge < -0.3 is 15.0 Å². The van der Waals surface area contributed by atoms with Crippen molar-refractivity contribution < 1.29 is 9.18 Å². The van der Waals surface area contributed by atoms with E-state index in [2.05, 4.69) is 26.7 Å². The van der Waals surface area contributed by atoms with Crippen LogP contribution in [0.5, 0.6) is 0 Å². The van der Waals surface area contributed by atoms with Crippen molar-refractivity contribution in [3.05, 3.63) is 53.4 Å². The Bertz CT molecular complexity index is 1090. The molecule has 0 bridgehead atoms. The maximum Gasteiger partial charge on any atom is 0.327 e. The molecular formula is C21H23FN6O. The fraction of sp³-hybridized carbons (Fsp3) is 0.381. The number of fused-ring (bicyclic) bond motifs is 2. The van der Waals surface area contributed by atoms with Crippen molar-refractivity contribution in [2.45, 2.75) is 32.1 Å². The van der Waals surface area contributed by atoms with Crippen LogP contribution in [0.1, 0.15) is 35.6 Å². The third-order valence-corrected chi connectivity index (χ3v) is 5.84. The molecule has 5 rings (SSSR count). The van der Waals surface area contributed by atoms with Gasteiger partial charge in [-0.3, -0.25) is 4.90 Å². The molecule has 2 aliphatic rings. The number of halogens is 1. The Kier molecular flexibility index (Phi) is 4.43. The van der Waals surface area contributed by atoms with E-state index in [4.69, 9.17) is 0 Å². The number of nitrogens with zero attached hydrogens (tertiary/aromatic N) is 4. The molecule has 0 aromatic carbocycles. The molecule has 3 aromatic rings. The van der Waals surface area contributed by atoms with Gasteiger partial charge in [-0.05, 0) is 56.8 Å². The Hall–Kier alpha value is -3.00. The summed E-state index contributed by atoms with van der Waals surface area (Å²) >= 11 is 0. The van der Waals surface area contributed by atoms with E-state index in [1.807, 2.05) is 6.92 Å². The minimum atomic E-state index is -0.507. The fourth-order valence-electron chi connectivity index (χ4n) is 4.44. The van der Waals surface area contributed by atoms with Crippen LogP contribution in [0, 0.1) is 12.7 Å². The van der Waals surface area contributed by atoms with Gasteiger partial charge in [-0.1, -0.05) is 0 Å². The van der Waals surface area contributed by atoms with Crippen LogP contribution in [0.25, 0.3) is 5.65 Å². The number of hydrogen-bond donors (Lipinski definition) is 2. The minimum Gasteiger partial charge on any atom is -0.317 e. The number of urea groups is 1. The summed E-state index contributed by atoms with van der Waals surface area (Å²) in [5, 5.41) is 6.10. The SMILES string of the molecule is Cc1cn2cc(NC(=O)N3CCc4c(C5CCNCC5)ccnc43)c(F)cc2n1. The molecule has 2 N–H and O–H groups in total. The highest BCUT2D eigenvalue weighted by atomic mass is 19.1. The first-order valence-electron chi connectivity index (χ1n) is 10.0. The van der Waals surface area contributed by atoms with Crippen molar-refractivity contribution in [2.24, 2.45) is 0 Å². The third-order valence-electron chi connectivity index (χ3n) is 5.84. The summed E-state index contributed by atoms with van der Waals surface area (Å²) in [6, 6.07) is 3.05. The number of imidazole rings is 1. The zero-order chi connectivity index (χ0) is 20.0. The lowest BCUT2D eigenvalue weighted by Crippen LogP contribution is -2.34. The summed E-state index contributed by atoms with van der Waals surface area (Å²) in [5.41, 5.74) is 3.88. The summed E-state index contributed by atoms with van der Waals surface area (Å²) in [6.07, 6.45) is 8.10. The van der Waals surface area contributed by atoms with Crippen LogP contribution in [-0.4, -0.2) is 40.0 Å². The summed E-state index contributed by atoms with van der Waals surface area (Å²) < 4.78 is 16.2. The molecule has 3 aromatic heterocycles. The van der Waals surface area contributed by atoms with Crippen molar-refractivity contribution in [3.8, 4) is 0 Å². The molecule has 0 atom stereocenters. The Balaban J connectivity index is 1.41. The molecule has 1 saturated heterocycles. The van der Waals surface area contributed by atoms with Crippen LogP contribution in [0.2, 0.25) is 0 Å². The number of hydrogen-bond acceptors (Lipinski definition) is 4. The van der Waals surface area contributed by atoms with E-state index in [0.29, 0.717) is 23.9 Å². The Morgan fingerprint density at radius 1 is 1.31 bits per heavy atom. The molecule has 0 aliphatic carbocycles. The lowest BCUT2D eigenvalue weighted by Gasteiger charge is -2.25. The largest absolute Gasteiger partial charge is 0.327 e. The second-order valence-corrected chi connectivity index (χ2v) is 7.74. The minimum absolute atomic E-state index is 0.128. The van der Waals surface area contributed by atoms with Crippen molar-refractivity contribution in [2.75, 3.05) is 29.9 Å². The molecule has 7 nitrogen and oxygen atoms in total. The lowest BCUT2D eigenvalue weighted by molar-refractivity contribution is 0.257. The standard InChI is InChI=1S/C21H23FN6O/c1-13-11-27-12-18(17(22)10-19(27)25-13)26-21(29)28-9-5-16-15(4-8-24-20(16)28)14-2-6-23-7-3-14/h4,8,10-12,14,23H,2-3,5-7,9H2,1H3,(H,26,29). The molecule has 150 valence electrons. The fourth-order valence-corrected chi connectivity index (χ4v) is 4.44. The summed E-state index contributed by atoms with van der Waals surface area (Å²) in [6.45, 7) is 4.42. The molecule has 2 aliphatic heterocycles. The lowest BCUT2D eigenvalue weighted by atomic mass is 9.87. The van der Waals surface area contributed by atoms with E-state index in [0.717, 1.165) is 43.6 Å². The van der Waals surface area contributed by atoms with Gasteiger partial charge in [-0.2, -0.15) is 0 Å². The van der Waals surface area contributed by atoms with Gasteiger partial charge in [0.1, 0.15) is 11.5 Å². The van der Waals surface area contributed by atoms with Crippen LogP contribution >= 0.6 is 0 Å². The first-order valence-corrected chi connectivity index (χ1v) is 10.0. The molecule has 0 unspecified atom stereocenters. The molecule has 0 radical (unpaired) electrons. The van der Waals surface area contributed by atoms with Crippen LogP contribution in [-0.2, 0) is 6.42 Å². The van der Waals surface area contributed by atoms with Crippen molar-refractivity contribution in [1.82, 2.24) is 19.7 Å². The summed E-state index contributed by atoms with van der Waals surface area (Å²) in [4.78, 5) is 23.3.